The molecule has 120 valence electrons. The number of allylic oxidation sites excluding steroid dienone is 1. The third kappa shape index (κ3) is 5.99. The number of rotatable bonds is 9. The first kappa shape index (κ1) is 17.8. The fourth-order valence-electron chi connectivity index (χ4n) is 2.02. The molecule has 0 heterocycles. The molecule has 2 N–H and O–H groups in total. The van der Waals surface area contributed by atoms with Gasteiger partial charge in [-0.15, -0.1) is 6.58 Å². The lowest BCUT2D eigenvalue weighted by molar-refractivity contribution is -0.142. The van der Waals surface area contributed by atoms with E-state index in [1.807, 2.05) is 32.0 Å². The van der Waals surface area contributed by atoms with E-state index in [-0.39, 0.29) is 18.9 Å². The molecule has 0 spiro atoms. The Hall–Kier alpha value is -2.30. The summed E-state index contributed by atoms with van der Waals surface area (Å²) in [6.07, 6.45) is 2.62. The van der Waals surface area contributed by atoms with Crippen LogP contribution in [0.4, 0.5) is 0 Å². The maximum atomic E-state index is 11.8. The van der Waals surface area contributed by atoms with Crippen molar-refractivity contribution >= 4 is 11.9 Å². The van der Waals surface area contributed by atoms with Crippen LogP contribution in [-0.2, 0) is 9.59 Å². The fourth-order valence-corrected chi connectivity index (χ4v) is 2.02. The lowest BCUT2D eigenvalue weighted by Gasteiger charge is -2.14. The number of hydrogen-bond acceptors (Lipinski definition) is 3. The largest absolute Gasteiger partial charge is 0.493 e. The highest BCUT2D eigenvalue weighted by Gasteiger charge is 2.18. The molecule has 1 rings (SSSR count). The van der Waals surface area contributed by atoms with Gasteiger partial charge in [-0.3, -0.25) is 4.79 Å². The number of aliphatic carboxylic acids is 1. The molecular weight excluding hydrogens is 282 g/mol. The predicted molar refractivity (Wildman–Crippen MR) is 85.0 cm³/mol. The van der Waals surface area contributed by atoms with E-state index in [0.29, 0.717) is 12.8 Å². The monoisotopic (exact) mass is 305 g/mol. The summed E-state index contributed by atoms with van der Waals surface area (Å²) in [6, 6.07) is 4.93. The van der Waals surface area contributed by atoms with Crippen LogP contribution in [0.15, 0.2) is 30.9 Å². The summed E-state index contributed by atoms with van der Waals surface area (Å²) < 4.78 is 5.56. The van der Waals surface area contributed by atoms with Gasteiger partial charge in [-0.2, -0.15) is 0 Å². The van der Waals surface area contributed by atoms with Crippen LogP contribution >= 0.6 is 0 Å². The van der Waals surface area contributed by atoms with Crippen molar-refractivity contribution in [1.82, 2.24) is 5.32 Å². The summed E-state index contributed by atoms with van der Waals surface area (Å²) in [5.41, 5.74) is 2.16. The number of amides is 1. The molecule has 1 atom stereocenters. The number of carboxylic acids is 1. The molecule has 1 aromatic rings. The first-order valence-electron chi connectivity index (χ1n) is 7.27. The highest BCUT2D eigenvalue weighted by molar-refractivity contribution is 5.83. The first-order valence-corrected chi connectivity index (χ1v) is 7.27. The Labute approximate surface area is 131 Å². The first-order chi connectivity index (χ1) is 10.4. The Morgan fingerprint density at radius 2 is 2.14 bits per heavy atom. The molecule has 1 amide bonds. The quantitative estimate of drug-likeness (QED) is 0.688. The molecule has 0 aromatic heterocycles. The molecule has 22 heavy (non-hydrogen) atoms. The van der Waals surface area contributed by atoms with Crippen LogP contribution in [0.1, 0.15) is 30.4 Å². The highest BCUT2D eigenvalue weighted by Crippen LogP contribution is 2.18. The van der Waals surface area contributed by atoms with Crippen molar-refractivity contribution in [2.45, 2.75) is 39.2 Å². The average molecular weight is 305 g/mol. The van der Waals surface area contributed by atoms with Crippen molar-refractivity contribution in [3.63, 3.8) is 0 Å². The normalized spacial score (nSPS) is 11.5. The van der Waals surface area contributed by atoms with E-state index in [2.05, 4.69) is 11.9 Å². The minimum Gasteiger partial charge on any atom is -0.493 e. The molecule has 5 nitrogen and oxygen atoms in total. The van der Waals surface area contributed by atoms with Gasteiger partial charge in [-0.1, -0.05) is 23.8 Å². The van der Waals surface area contributed by atoms with Crippen molar-refractivity contribution < 1.29 is 19.4 Å². The van der Waals surface area contributed by atoms with E-state index in [4.69, 9.17) is 9.84 Å². The van der Waals surface area contributed by atoms with E-state index in [1.165, 1.54) is 0 Å². The molecule has 0 saturated carbocycles. The highest BCUT2D eigenvalue weighted by atomic mass is 16.5. The minimum atomic E-state index is -1.04. The van der Waals surface area contributed by atoms with Crippen LogP contribution < -0.4 is 10.1 Å². The zero-order valence-electron chi connectivity index (χ0n) is 13.1. The summed E-state index contributed by atoms with van der Waals surface area (Å²) >= 11 is 0. The Kier molecular flexibility index (Phi) is 7.16. The SMILES string of the molecule is C=CCCC(NC(=O)CCOc1ccc(C)cc1C)C(=O)O. The minimum absolute atomic E-state index is 0.116. The fraction of sp³-hybridized carbons (Fsp3) is 0.412. The van der Waals surface area contributed by atoms with Gasteiger partial charge in [0.1, 0.15) is 11.8 Å². The second-order valence-electron chi connectivity index (χ2n) is 5.19. The molecular formula is C17H23NO4. The van der Waals surface area contributed by atoms with E-state index in [0.717, 1.165) is 16.9 Å². The van der Waals surface area contributed by atoms with Gasteiger partial charge in [0.25, 0.3) is 0 Å². The van der Waals surface area contributed by atoms with Gasteiger partial charge in [-0.05, 0) is 38.3 Å². The molecule has 5 heteroatoms. The summed E-state index contributed by atoms with van der Waals surface area (Å²) in [7, 11) is 0. The summed E-state index contributed by atoms with van der Waals surface area (Å²) in [4.78, 5) is 22.8. The number of ether oxygens (including phenoxy) is 1. The zero-order chi connectivity index (χ0) is 16.5. The molecule has 1 aromatic carbocycles. The standard InChI is InChI=1S/C17H23NO4/c1-4-5-6-14(17(20)21)18-16(19)9-10-22-15-8-7-12(2)11-13(15)3/h4,7-8,11,14H,1,5-6,9-10H2,2-3H3,(H,18,19)(H,20,21). The van der Waals surface area contributed by atoms with Crippen LogP contribution in [-0.4, -0.2) is 29.6 Å². The molecule has 0 aliphatic heterocycles. The molecule has 0 bridgehead atoms. The number of aryl methyl sites for hydroxylation is 2. The number of carbonyl (C=O) groups is 2. The van der Waals surface area contributed by atoms with Gasteiger partial charge in [0.15, 0.2) is 0 Å². The van der Waals surface area contributed by atoms with Crippen molar-refractivity contribution in [3.05, 3.63) is 42.0 Å². The second kappa shape index (κ2) is 8.87. The zero-order valence-corrected chi connectivity index (χ0v) is 13.1. The maximum Gasteiger partial charge on any atom is 0.326 e. The molecule has 0 fully saturated rings. The van der Waals surface area contributed by atoms with E-state index < -0.39 is 12.0 Å². The van der Waals surface area contributed by atoms with Crippen LogP contribution in [0, 0.1) is 13.8 Å². The Morgan fingerprint density at radius 3 is 2.73 bits per heavy atom. The number of carboxylic acid groups (broad SMARTS) is 1. The Bertz CT molecular complexity index is 539. The van der Waals surface area contributed by atoms with Crippen molar-refractivity contribution in [3.8, 4) is 5.75 Å². The van der Waals surface area contributed by atoms with E-state index in [9.17, 15) is 9.59 Å². The molecule has 0 radical (unpaired) electrons. The van der Waals surface area contributed by atoms with Crippen LogP contribution in [0.25, 0.3) is 0 Å². The summed E-state index contributed by atoms with van der Waals surface area (Å²) in [5, 5.41) is 11.5. The lowest BCUT2D eigenvalue weighted by Crippen LogP contribution is -2.41. The topological polar surface area (TPSA) is 75.6 Å². The smallest absolute Gasteiger partial charge is 0.326 e. The Morgan fingerprint density at radius 1 is 1.41 bits per heavy atom. The number of carbonyl (C=O) groups excluding carboxylic acids is 1. The molecule has 0 aliphatic rings. The summed E-state index contributed by atoms with van der Waals surface area (Å²) in [5.74, 6) is -0.633. The second-order valence-corrected chi connectivity index (χ2v) is 5.19. The van der Waals surface area contributed by atoms with E-state index in [1.54, 1.807) is 6.08 Å². The van der Waals surface area contributed by atoms with Crippen LogP contribution in [0.5, 0.6) is 5.75 Å². The maximum absolute atomic E-state index is 11.8. The third-order valence-electron chi connectivity index (χ3n) is 3.21. The molecule has 1 unspecified atom stereocenters. The van der Waals surface area contributed by atoms with Crippen molar-refractivity contribution in [1.29, 1.82) is 0 Å². The Balaban J connectivity index is 2.41. The van der Waals surface area contributed by atoms with E-state index >= 15 is 0 Å². The van der Waals surface area contributed by atoms with Gasteiger partial charge >= 0.3 is 5.97 Å². The number of hydrogen-bond donors (Lipinski definition) is 2. The van der Waals surface area contributed by atoms with Crippen LogP contribution in [0.2, 0.25) is 0 Å². The van der Waals surface area contributed by atoms with Gasteiger partial charge in [0.2, 0.25) is 5.91 Å². The molecule has 0 aliphatic carbocycles. The lowest BCUT2D eigenvalue weighted by atomic mass is 10.1. The van der Waals surface area contributed by atoms with Gasteiger partial charge in [0, 0.05) is 0 Å². The van der Waals surface area contributed by atoms with Gasteiger partial charge < -0.3 is 15.2 Å². The van der Waals surface area contributed by atoms with Crippen LogP contribution in [0.3, 0.4) is 0 Å². The average Bonchev–Trinajstić information content (AvgIpc) is 2.45. The van der Waals surface area contributed by atoms with Crippen molar-refractivity contribution in [2.75, 3.05) is 6.61 Å². The van der Waals surface area contributed by atoms with Crippen molar-refractivity contribution in [2.24, 2.45) is 0 Å². The number of nitrogens with one attached hydrogen (secondary N) is 1. The number of benzene rings is 1. The third-order valence-corrected chi connectivity index (χ3v) is 3.21. The van der Waals surface area contributed by atoms with Gasteiger partial charge in [-0.25, -0.2) is 4.79 Å². The molecule has 0 saturated heterocycles. The summed E-state index contributed by atoms with van der Waals surface area (Å²) in [6.45, 7) is 7.70. The predicted octanol–water partition coefficient (Wildman–Crippen LogP) is 2.61. The van der Waals surface area contributed by atoms with Gasteiger partial charge in [0.05, 0.1) is 13.0 Å².